The fraction of sp³-hybridized carbons (Fsp3) is 0.542. The van der Waals surface area contributed by atoms with Gasteiger partial charge in [0.2, 0.25) is 0 Å². The second kappa shape index (κ2) is 13.3. The molecule has 1 aromatic carbocycles. The number of aromatic nitrogens is 1. The molecular formula is C24H35NO2. The van der Waals surface area contributed by atoms with E-state index in [0.29, 0.717) is 13.2 Å². The van der Waals surface area contributed by atoms with Crippen LogP contribution in [0.1, 0.15) is 64.4 Å². The van der Waals surface area contributed by atoms with E-state index in [9.17, 15) is 0 Å². The molecule has 3 nitrogen and oxygen atoms in total. The Morgan fingerprint density at radius 3 is 2.22 bits per heavy atom. The highest BCUT2D eigenvalue weighted by Gasteiger charge is 2.02. The van der Waals surface area contributed by atoms with Gasteiger partial charge in [0.15, 0.2) is 0 Å². The van der Waals surface area contributed by atoms with Crippen molar-refractivity contribution < 1.29 is 9.47 Å². The molecule has 2 aromatic rings. The summed E-state index contributed by atoms with van der Waals surface area (Å²) in [6, 6.07) is 12.5. The average molecular weight is 370 g/mol. The lowest BCUT2D eigenvalue weighted by Crippen LogP contribution is -2.07. The summed E-state index contributed by atoms with van der Waals surface area (Å²) in [4.78, 5) is 4.64. The summed E-state index contributed by atoms with van der Waals surface area (Å²) in [5.41, 5.74) is 3.47. The van der Waals surface area contributed by atoms with Crippen LogP contribution in [-0.2, 0) is 11.2 Å². The highest BCUT2D eigenvalue weighted by molar-refractivity contribution is 5.60. The summed E-state index contributed by atoms with van der Waals surface area (Å²) in [6.07, 6.45) is 12.0. The Kier molecular flexibility index (Phi) is 10.6. The van der Waals surface area contributed by atoms with Gasteiger partial charge in [0.05, 0.1) is 12.3 Å². The largest absolute Gasteiger partial charge is 0.491 e. The first-order valence-corrected chi connectivity index (χ1v) is 10.6. The molecule has 0 N–H and O–H groups in total. The Labute approximate surface area is 165 Å². The lowest BCUT2D eigenvalue weighted by atomic mass is 10.1. The summed E-state index contributed by atoms with van der Waals surface area (Å²) in [5, 5.41) is 0. The molecule has 3 heteroatoms. The maximum absolute atomic E-state index is 5.72. The van der Waals surface area contributed by atoms with E-state index >= 15 is 0 Å². The van der Waals surface area contributed by atoms with E-state index in [-0.39, 0.29) is 0 Å². The molecule has 0 saturated heterocycles. The highest BCUT2D eigenvalue weighted by Crippen LogP contribution is 2.21. The van der Waals surface area contributed by atoms with Gasteiger partial charge in [-0.2, -0.15) is 0 Å². The van der Waals surface area contributed by atoms with Gasteiger partial charge in [-0.3, -0.25) is 4.98 Å². The lowest BCUT2D eigenvalue weighted by Gasteiger charge is -2.08. The Morgan fingerprint density at radius 1 is 0.741 bits per heavy atom. The minimum Gasteiger partial charge on any atom is -0.491 e. The fourth-order valence-electron chi connectivity index (χ4n) is 2.96. The molecule has 0 aliphatic carbocycles. The first-order valence-electron chi connectivity index (χ1n) is 10.6. The number of ether oxygens (including phenoxy) is 2. The molecule has 0 amide bonds. The molecule has 27 heavy (non-hydrogen) atoms. The first-order chi connectivity index (χ1) is 13.3. The van der Waals surface area contributed by atoms with Crippen LogP contribution in [0.25, 0.3) is 11.3 Å². The number of nitrogens with zero attached hydrogens (tertiary/aromatic N) is 1. The van der Waals surface area contributed by atoms with Crippen LogP contribution in [0.2, 0.25) is 0 Å². The quantitative estimate of drug-likeness (QED) is 0.358. The molecule has 1 heterocycles. The third kappa shape index (κ3) is 8.57. The molecule has 0 aliphatic heterocycles. The maximum atomic E-state index is 5.72. The van der Waals surface area contributed by atoms with Gasteiger partial charge in [0.25, 0.3) is 0 Å². The number of unbranched alkanes of at least 4 members (excludes halogenated alkanes) is 5. The Bertz CT molecular complexity index is 607. The minimum absolute atomic E-state index is 0.592. The van der Waals surface area contributed by atoms with Crippen LogP contribution in [0.3, 0.4) is 0 Å². The number of benzene rings is 1. The summed E-state index contributed by atoms with van der Waals surface area (Å²) in [6.45, 7) is 6.47. The molecule has 0 saturated carbocycles. The van der Waals surface area contributed by atoms with Crippen LogP contribution in [0.5, 0.6) is 5.75 Å². The number of aryl methyl sites for hydroxylation is 1. The normalized spacial score (nSPS) is 10.9. The third-order valence-electron chi connectivity index (χ3n) is 4.68. The van der Waals surface area contributed by atoms with Crippen molar-refractivity contribution >= 4 is 0 Å². The Morgan fingerprint density at radius 2 is 1.52 bits per heavy atom. The van der Waals surface area contributed by atoms with Crippen LogP contribution in [0.4, 0.5) is 0 Å². The topological polar surface area (TPSA) is 31.4 Å². The van der Waals surface area contributed by atoms with Gasteiger partial charge >= 0.3 is 0 Å². The van der Waals surface area contributed by atoms with Crippen molar-refractivity contribution in [3.05, 3.63) is 48.2 Å². The summed E-state index contributed by atoms with van der Waals surface area (Å²) < 4.78 is 11.2. The number of pyridine rings is 1. The number of hydrogen-bond donors (Lipinski definition) is 0. The molecule has 0 fully saturated rings. The molecular weight excluding hydrogens is 334 g/mol. The molecule has 0 atom stereocenters. The third-order valence-corrected chi connectivity index (χ3v) is 4.68. The number of rotatable bonds is 14. The van der Waals surface area contributed by atoms with Crippen molar-refractivity contribution in [1.29, 1.82) is 0 Å². The summed E-state index contributed by atoms with van der Waals surface area (Å²) >= 11 is 0. The van der Waals surface area contributed by atoms with Crippen LogP contribution in [0, 0.1) is 0 Å². The zero-order valence-corrected chi connectivity index (χ0v) is 17.1. The zero-order chi connectivity index (χ0) is 19.2. The van der Waals surface area contributed by atoms with Crippen molar-refractivity contribution in [3.63, 3.8) is 0 Å². The SMILES string of the molecule is CCCCCCCc1ccc(-c2ccc(OCCOCCCC)cc2)nc1. The molecule has 148 valence electrons. The Balaban J connectivity index is 1.74. The second-order valence-electron chi connectivity index (χ2n) is 7.05. The number of hydrogen-bond acceptors (Lipinski definition) is 3. The molecule has 0 aliphatic rings. The average Bonchev–Trinajstić information content (AvgIpc) is 2.71. The standard InChI is InChI=1S/C24H35NO2/c1-3-5-7-8-9-10-21-11-16-24(25-20-21)22-12-14-23(15-13-22)27-19-18-26-17-6-4-2/h11-16,20H,3-10,17-19H2,1-2H3. The molecule has 0 radical (unpaired) electrons. The summed E-state index contributed by atoms with van der Waals surface area (Å²) in [5.74, 6) is 0.876. The van der Waals surface area contributed by atoms with E-state index < -0.39 is 0 Å². The predicted octanol–water partition coefficient (Wildman–Crippen LogP) is 6.46. The van der Waals surface area contributed by atoms with Crippen molar-refractivity contribution in [2.45, 2.75) is 65.2 Å². The van der Waals surface area contributed by atoms with Crippen LogP contribution >= 0.6 is 0 Å². The van der Waals surface area contributed by atoms with Crippen molar-refractivity contribution in [1.82, 2.24) is 4.98 Å². The second-order valence-corrected chi connectivity index (χ2v) is 7.05. The monoisotopic (exact) mass is 369 g/mol. The van der Waals surface area contributed by atoms with Crippen LogP contribution in [0.15, 0.2) is 42.6 Å². The van der Waals surface area contributed by atoms with Crippen LogP contribution in [-0.4, -0.2) is 24.8 Å². The highest BCUT2D eigenvalue weighted by atomic mass is 16.5. The van der Waals surface area contributed by atoms with Gasteiger partial charge in [-0.15, -0.1) is 0 Å². The molecule has 0 bridgehead atoms. The Hall–Kier alpha value is -1.87. The van der Waals surface area contributed by atoms with Gasteiger partial charge in [0, 0.05) is 18.4 Å². The fourth-order valence-corrected chi connectivity index (χ4v) is 2.96. The predicted molar refractivity (Wildman–Crippen MR) is 113 cm³/mol. The van der Waals surface area contributed by atoms with Crippen LogP contribution < -0.4 is 4.74 Å². The molecule has 2 rings (SSSR count). The van der Waals surface area contributed by atoms with E-state index in [0.717, 1.165) is 42.9 Å². The van der Waals surface area contributed by atoms with Gasteiger partial charge in [-0.25, -0.2) is 0 Å². The molecule has 0 unspecified atom stereocenters. The van der Waals surface area contributed by atoms with Crippen molar-refractivity contribution in [2.24, 2.45) is 0 Å². The van der Waals surface area contributed by atoms with Gasteiger partial charge in [-0.05, 0) is 55.2 Å². The zero-order valence-electron chi connectivity index (χ0n) is 17.1. The van der Waals surface area contributed by atoms with Gasteiger partial charge in [-0.1, -0.05) is 52.0 Å². The first kappa shape index (κ1) is 21.4. The lowest BCUT2D eigenvalue weighted by molar-refractivity contribution is 0.0981. The summed E-state index contributed by atoms with van der Waals surface area (Å²) in [7, 11) is 0. The van der Waals surface area contributed by atoms with E-state index in [1.807, 2.05) is 18.3 Å². The van der Waals surface area contributed by atoms with Gasteiger partial charge < -0.3 is 9.47 Å². The van der Waals surface area contributed by atoms with E-state index in [1.165, 1.54) is 37.7 Å². The maximum Gasteiger partial charge on any atom is 0.119 e. The minimum atomic E-state index is 0.592. The molecule has 0 spiro atoms. The van der Waals surface area contributed by atoms with Gasteiger partial charge in [0.1, 0.15) is 12.4 Å². The van der Waals surface area contributed by atoms with E-state index in [4.69, 9.17) is 9.47 Å². The smallest absolute Gasteiger partial charge is 0.119 e. The van der Waals surface area contributed by atoms with E-state index in [1.54, 1.807) is 0 Å². The van der Waals surface area contributed by atoms with Crippen molar-refractivity contribution in [3.8, 4) is 17.0 Å². The van der Waals surface area contributed by atoms with Crippen molar-refractivity contribution in [2.75, 3.05) is 19.8 Å². The molecule has 1 aromatic heterocycles. The van der Waals surface area contributed by atoms with E-state index in [2.05, 4.69) is 43.1 Å².